The largest absolute Gasteiger partial charge is 0.375 e. The van der Waals surface area contributed by atoms with Gasteiger partial charge < -0.3 is 10.6 Å². The van der Waals surface area contributed by atoms with Crippen molar-refractivity contribution >= 4 is 16.3 Å². The van der Waals surface area contributed by atoms with Crippen LogP contribution >= 0.6 is 11.3 Å². The molecule has 2 N–H and O–H groups in total. The van der Waals surface area contributed by atoms with Crippen LogP contribution in [0.4, 0.5) is 5.00 Å². The summed E-state index contributed by atoms with van der Waals surface area (Å²) in [4.78, 5) is 0. The molecule has 0 unspecified atom stereocenters. The van der Waals surface area contributed by atoms with Crippen molar-refractivity contribution in [2.45, 2.75) is 26.7 Å². The summed E-state index contributed by atoms with van der Waals surface area (Å²) >= 11 is 1.80. The predicted octanol–water partition coefficient (Wildman–Crippen LogP) is 2.72. The molecule has 0 bridgehead atoms. The second kappa shape index (κ2) is 6.85. The third-order valence-corrected chi connectivity index (χ3v) is 3.06. The fourth-order valence-electron chi connectivity index (χ4n) is 1.34. The predicted molar refractivity (Wildman–Crippen MR) is 65.3 cm³/mol. The van der Waals surface area contributed by atoms with Crippen molar-refractivity contribution < 1.29 is 0 Å². The summed E-state index contributed by atoms with van der Waals surface area (Å²) in [6.07, 6.45) is 2.33. The molecule has 14 heavy (non-hydrogen) atoms. The minimum atomic E-state index is 1.02. The zero-order chi connectivity index (χ0) is 10.2. The number of aryl methyl sites for hydroxylation is 1. The second-order valence-corrected chi connectivity index (χ2v) is 4.22. The summed E-state index contributed by atoms with van der Waals surface area (Å²) in [6, 6.07) is 2.20. The van der Waals surface area contributed by atoms with Gasteiger partial charge in [-0.3, -0.25) is 0 Å². The molecule has 2 nitrogen and oxygen atoms in total. The zero-order valence-electron chi connectivity index (χ0n) is 9.10. The van der Waals surface area contributed by atoms with Crippen molar-refractivity contribution in [2.24, 2.45) is 0 Å². The van der Waals surface area contributed by atoms with Gasteiger partial charge in [0.15, 0.2) is 0 Å². The Balaban J connectivity index is 2.17. The van der Waals surface area contributed by atoms with Crippen LogP contribution in [0.1, 0.15) is 25.8 Å². The highest BCUT2D eigenvalue weighted by molar-refractivity contribution is 7.14. The van der Waals surface area contributed by atoms with Gasteiger partial charge in [-0.2, -0.15) is 0 Å². The van der Waals surface area contributed by atoms with E-state index in [-0.39, 0.29) is 0 Å². The van der Waals surface area contributed by atoms with Crippen LogP contribution in [0.15, 0.2) is 11.4 Å². The number of nitrogens with one attached hydrogen (secondary N) is 2. The third kappa shape index (κ3) is 3.68. The highest BCUT2D eigenvalue weighted by atomic mass is 32.1. The molecule has 0 atom stereocenters. The monoisotopic (exact) mass is 212 g/mol. The Labute approximate surface area is 90.7 Å². The van der Waals surface area contributed by atoms with Crippen LogP contribution in [-0.4, -0.2) is 19.6 Å². The average molecular weight is 212 g/mol. The third-order valence-electron chi connectivity index (χ3n) is 2.14. The van der Waals surface area contributed by atoms with Gasteiger partial charge in [-0.05, 0) is 36.4 Å². The molecule has 0 spiro atoms. The SMILES string of the molecule is CCCNCCNc1sccc1CC. The topological polar surface area (TPSA) is 24.1 Å². The quantitative estimate of drug-likeness (QED) is 0.679. The van der Waals surface area contributed by atoms with Gasteiger partial charge in [0, 0.05) is 13.1 Å². The molecule has 0 saturated heterocycles. The molecule has 1 heterocycles. The molecule has 1 rings (SSSR count). The van der Waals surface area contributed by atoms with Crippen LogP contribution in [0.5, 0.6) is 0 Å². The van der Waals surface area contributed by atoms with Gasteiger partial charge in [0.2, 0.25) is 0 Å². The summed E-state index contributed by atoms with van der Waals surface area (Å²) < 4.78 is 0. The van der Waals surface area contributed by atoms with Crippen molar-refractivity contribution in [1.82, 2.24) is 5.32 Å². The van der Waals surface area contributed by atoms with Gasteiger partial charge in [0.1, 0.15) is 0 Å². The maximum atomic E-state index is 3.46. The molecular formula is C11H20N2S. The molecule has 0 saturated carbocycles. The standard InChI is InChI=1S/C11H20N2S/c1-3-6-12-7-8-13-11-10(4-2)5-9-14-11/h5,9,12-13H,3-4,6-8H2,1-2H3. The maximum absolute atomic E-state index is 3.46. The van der Waals surface area contributed by atoms with Crippen LogP contribution in [0.25, 0.3) is 0 Å². The lowest BCUT2D eigenvalue weighted by atomic mass is 10.2. The maximum Gasteiger partial charge on any atom is 0.0915 e. The molecule has 0 amide bonds. The first-order valence-electron chi connectivity index (χ1n) is 5.39. The first-order chi connectivity index (χ1) is 6.88. The highest BCUT2D eigenvalue weighted by Crippen LogP contribution is 2.22. The van der Waals surface area contributed by atoms with Gasteiger partial charge in [0.25, 0.3) is 0 Å². The molecule has 1 aromatic rings. The Hall–Kier alpha value is -0.540. The number of anilines is 1. The molecule has 0 radical (unpaired) electrons. The van der Waals surface area contributed by atoms with Crippen molar-refractivity contribution in [2.75, 3.05) is 25.0 Å². The summed E-state index contributed by atoms with van der Waals surface area (Å²) in [5.41, 5.74) is 1.44. The van der Waals surface area contributed by atoms with Gasteiger partial charge in [-0.15, -0.1) is 11.3 Å². The minimum absolute atomic E-state index is 1.02. The van der Waals surface area contributed by atoms with Crippen LogP contribution in [-0.2, 0) is 6.42 Å². The Morgan fingerprint density at radius 2 is 2.07 bits per heavy atom. The normalized spacial score (nSPS) is 10.4. The van der Waals surface area contributed by atoms with E-state index in [9.17, 15) is 0 Å². The van der Waals surface area contributed by atoms with Crippen molar-refractivity contribution in [3.05, 3.63) is 17.0 Å². The molecular weight excluding hydrogens is 192 g/mol. The smallest absolute Gasteiger partial charge is 0.0915 e. The van der Waals surface area contributed by atoms with Crippen molar-refractivity contribution in [3.63, 3.8) is 0 Å². The molecule has 0 fully saturated rings. The Kier molecular flexibility index (Phi) is 5.64. The number of hydrogen-bond acceptors (Lipinski definition) is 3. The molecule has 0 aliphatic carbocycles. The Bertz CT molecular complexity index is 245. The van der Waals surface area contributed by atoms with Crippen molar-refractivity contribution in [3.8, 4) is 0 Å². The van der Waals surface area contributed by atoms with Crippen LogP contribution < -0.4 is 10.6 Å². The molecule has 0 aliphatic heterocycles. The number of rotatable bonds is 7. The van der Waals surface area contributed by atoms with Gasteiger partial charge >= 0.3 is 0 Å². The van der Waals surface area contributed by atoms with E-state index in [1.165, 1.54) is 17.0 Å². The van der Waals surface area contributed by atoms with Gasteiger partial charge in [0.05, 0.1) is 5.00 Å². The number of hydrogen-bond donors (Lipinski definition) is 2. The Morgan fingerprint density at radius 1 is 1.21 bits per heavy atom. The van der Waals surface area contributed by atoms with E-state index in [4.69, 9.17) is 0 Å². The molecule has 3 heteroatoms. The Morgan fingerprint density at radius 3 is 2.79 bits per heavy atom. The van der Waals surface area contributed by atoms with Gasteiger partial charge in [-0.25, -0.2) is 0 Å². The first kappa shape index (κ1) is 11.5. The minimum Gasteiger partial charge on any atom is -0.375 e. The van der Waals surface area contributed by atoms with E-state index >= 15 is 0 Å². The summed E-state index contributed by atoms with van der Waals surface area (Å²) in [7, 11) is 0. The fraction of sp³-hybridized carbons (Fsp3) is 0.636. The summed E-state index contributed by atoms with van der Waals surface area (Å²) in [5, 5.41) is 10.3. The summed E-state index contributed by atoms with van der Waals surface area (Å²) in [6.45, 7) is 7.58. The highest BCUT2D eigenvalue weighted by Gasteiger charge is 1.99. The van der Waals surface area contributed by atoms with E-state index in [0.717, 1.165) is 26.1 Å². The number of thiophene rings is 1. The fourth-order valence-corrected chi connectivity index (χ4v) is 2.25. The summed E-state index contributed by atoms with van der Waals surface area (Å²) in [5.74, 6) is 0. The van der Waals surface area contributed by atoms with E-state index in [2.05, 4.69) is 35.9 Å². The first-order valence-corrected chi connectivity index (χ1v) is 6.27. The average Bonchev–Trinajstić information content (AvgIpc) is 2.65. The van der Waals surface area contributed by atoms with E-state index in [0.29, 0.717) is 0 Å². The molecule has 1 aromatic heterocycles. The second-order valence-electron chi connectivity index (χ2n) is 3.31. The van der Waals surface area contributed by atoms with Crippen LogP contribution in [0.2, 0.25) is 0 Å². The van der Waals surface area contributed by atoms with Gasteiger partial charge in [-0.1, -0.05) is 13.8 Å². The zero-order valence-corrected chi connectivity index (χ0v) is 9.91. The molecule has 0 aromatic carbocycles. The van der Waals surface area contributed by atoms with E-state index in [1.54, 1.807) is 11.3 Å². The van der Waals surface area contributed by atoms with E-state index < -0.39 is 0 Å². The molecule has 80 valence electrons. The molecule has 0 aliphatic rings. The lowest BCUT2D eigenvalue weighted by Crippen LogP contribution is -2.22. The van der Waals surface area contributed by atoms with Crippen molar-refractivity contribution in [1.29, 1.82) is 0 Å². The lowest BCUT2D eigenvalue weighted by molar-refractivity contribution is 0.688. The van der Waals surface area contributed by atoms with Crippen LogP contribution in [0.3, 0.4) is 0 Å². The lowest BCUT2D eigenvalue weighted by Gasteiger charge is -2.06. The van der Waals surface area contributed by atoms with E-state index in [1.807, 2.05) is 0 Å². The van der Waals surface area contributed by atoms with Crippen LogP contribution in [0, 0.1) is 0 Å².